The summed E-state index contributed by atoms with van der Waals surface area (Å²) < 4.78 is 2.48. The Labute approximate surface area is 362 Å². The van der Waals surface area contributed by atoms with E-state index < -0.39 is 0 Å². The molecule has 10 aromatic carbocycles. The molecule has 0 saturated carbocycles. The van der Waals surface area contributed by atoms with Crippen LogP contribution < -0.4 is 4.90 Å². The maximum absolute atomic E-state index is 2.48. The number of fused-ring (bicyclic) bond motifs is 3. The van der Waals surface area contributed by atoms with Crippen molar-refractivity contribution in [3.8, 4) is 61.3 Å². The van der Waals surface area contributed by atoms with Gasteiger partial charge in [-0.25, -0.2) is 0 Å². The van der Waals surface area contributed by atoms with Crippen LogP contribution in [0.1, 0.15) is 0 Å². The van der Waals surface area contributed by atoms with Crippen molar-refractivity contribution in [2.45, 2.75) is 0 Å². The molecule has 11 aromatic rings. The summed E-state index contributed by atoms with van der Waals surface area (Å²) in [6.45, 7) is 0. The van der Waals surface area contributed by atoms with Crippen LogP contribution in [-0.2, 0) is 0 Å². The van der Waals surface area contributed by atoms with Crippen LogP contribution in [0.15, 0.2) is 255 Å². The van der Waals surface area contributed by atoms with Crippen molar-refractivity contribution in [1.29, 1.82) is 0 Å². The van der Waals surface area contributed by atoms with E-state index in [-0.39, 0.29) is 0 Å². The predicted molar refractivity (Wildman–Crippen MR) is 263 cm³/mol. The summed E-state index contributed by atoms with van der Waals surface area (Å²) in [4.78, 5) is 2.40. The lowest BCUT2D eigenvalue weighted by molar-refractivity contribution is 1.18. The van der Waals surface area contributed by atoms with Crippen LogP contribution in [0.2, 0.25) is 0 Å². The second-order valence-corrected chi connectivity index (χ2v) is 15.7. The second-order valence-electron chi connectivity index (χ2n) is 15.7. The average molecular weight is 791 g/mol. The topological polar surface area (TPSA) is 8.17 Å². The quantitative estimate of drug-likeness (QED) is 0.141. The highest BCUT2D eigenvalue weighted by Gasteiger charge is 2.21. The SMILES string of the molecule is c1ccc(-c2ccc(-c3ccccc3)c(-n3c4ccccc4c4ccc(N(c5ccccc5)c5ccc(-c6ccccc6-c6ccccc6)c(-c6ccccc6)c5)cc43)c2)cc1. The van der Waals surface area contributed by atoms with Gasteiger partial charge in [-0.2, -0.15) is 0 Å². The van der Waals surface area contributed by atoms with E-state index in [9.17, 15) is 0 Å². The van der Waals surface area contributed by atoms with Crippen LogP contribution in [-0.4, -0.2) is 4.57 Å². The monoisotopic (exact) mass is 790 g/mol. The molecule has 0 fully saturated rings. The molecule has 0 unspecified atom stereocenters. The number of benzene rings is 10. The Kier molecular flexibility index (Phi) is 9.57. The van der Waals surface area contributed by atoms with Crippen molar-refractivity contribution in [1.82, 2.24) is 4.57 Å². The largest absolute Gasteiger partial charge is 0.310 e. The average Bonchev–Trinajstić information content (AvgIpc) is 3.69. The third kappa shape index (κ3) is 6.74. The molecule has 2 nitrogen and oxygen atoms in total. The summed E-state index contributed by atoms with van der Waals surface area (Å²) >= 11 is 0. The summed E-state index contributed by atoms with van der Waals surface area (Å²) in [6, 6.07) is 92.1. The Morgan fingerprint density at radius 2 is 0.710 bits per heavy atom. The van der Waals surface area contributed by atoms with Gasteiger partial charge in [0.25, 0.3) is 0 Å². The molecule has 0 aliphatic rings. The Bertz CT molecular complexity index is 3320. The lowest BCUT2D eigenvalue weighted by Crippen LogP contribution is -2.10. The van der Waals surface area contributed by atoms with E-state index in [1.165, 1.54) is 71.9 Å². The van der Waals surface area contributed by atoms with Crippen molar-refractivity contribution >= 4 is 38.9 Å². The highest BCUT2D eigenvalue weighted by atomic mass is 15.1. The first-order valence-corrected chi connectivity index (χ1v) is 21.3. The summed E-state index contributed by atoms with van der Waals surface area (Å²) in [5.41, 5.74) is 18.6. The molecule has 0 saturated heterocycles. The molecule has 62 heavy (non-hydrogen) atoms. The molecule has 11 rings (SSSR count). The van der Waals surface area contributed by atoms with Crippen LogP contribution in [0.4, 0.5) is 17.1 Å². The molecule has 292 valence electrons. The van der Waals surface area contributed by atoms with Gasteiger partial charge in [0, 0.05) is 33.4 Å². The van der Waals surface area contributed by atoms with Crippen molar-refractivity contribution in [2.75, 3.05) is 4.90 Å². The van der Waals surface area contributed by atoms with Gasteiger partial charge in [-0.05, 0) is 98.6 Å². The van der Waals surface area contributed by atoms with Crippen LogP contribution in [0.3, 0.4) is 0 Å². The predicted octanol–water partition coefficient (Wildman–Crippen LogP) is 16.6. The fourth-order valence-corrected chi connectivity index (χ4v) is 9.12. The number of hydrogen-bond acceptors (Lipinski definition) is 1. The van der Waals surface area contributed by atoms with Crippen molar-refractivity contribution in [3.05, 3.63) is 255 Å². The van der Waals surface area contributed by atoms with Crippen LogP contribution in [0, 0.1) is 0 Å². The summed E-state index contributed by atoms with van der Waals surface area (Å²) in [5.74, 6) is 0. The van der Waals surface area contributed by atoms with Gasteiger partial charge in [-0.15, -0.1) is 0 Å². The van der Waals surface area contributed by atoms with E-state index >= 15 is 0 Å². The maximum atomic E-state index is 2.48. The number of para-hydroxylation sites is 2. The minimum absolute atomic E-state index is 1.07. The van der Waals surface area contributed by atoms with Crippen molar-refractivity contribution in [3.63, 3.8) is 0 Å². The van der Waals surface area contributed by atoms with Crippen LogP contribution in [0.5, 0.6) is 0 Å². The molecule has 0 aliphatic carbocycles. The molecule has 0 atom stereocenters. The van der Waals surface area contributed by atoms with Crippen molar-refractivity contribution < 1.29 is 0 Å². The third-order valence-corrected chi connectivity index (χ3v) is 12.0. The smallest absolute Gasteiger partial charge is 0.0562 e. The summed E-state index contributed by atoms with van der Waals surface area (Å²) in [6.07, 6.45) is 0. The van der Waals surface area contributed by atoms with Gasteiger partial charge in [0.1, 0.15) is 0 Å². The van der Waals surface area contributed by atoms with Gasteiger partial charge in [0.15, 0.2) is 0 Å². The second kappa shape index (κ2) is 16.1. The molecule has 0 bridgehead atoms. The van der Waals surface area contributed by atoms with Gasteiger partial charge in [-0.1, -0.05) is 206 Å². The number of nitrogens with zero attached hydrogens (tertiary/aromatic N) is 2. The molecule has 1 heterocycles. The Balaban J connectivity index is 1.15. The van der Waals surface area contributed by atoms with Gasteiger partial charge in [-0.3, -0.25) is 0 Å². The zero-order chi connectivity index (χ0) is 41.2. The number of anilines is 3. The number of aromatic nitrogens is 1. The first-order valence-electron chi connectivity index (χ1n) is 21.3. The Morgan fingerprint density at radius 1 is 0.242 bits per heavy atom. The first-order chi connectivity index (χ1) is 30.8. The highest BCUT2D eigenvalue weighted by molar-refractivity contribution is 6.11. The molecule has 1 aromatic heterocycles. The van der Waals surface area contributed by atoms with Gasteiger partial charge >= 0.3 is 0 Å². The number of rotatable bonds is 9. The van der Waals surface area contributed by atoms with E-state index in [1.807, 2.05) is 0 Å². The van der Waals surface area contributed by atoms with E-state index in [4.69, 9.17) is 0 Å². The van der Waals surface area contributed by atoms with Gasteiger partial charge in [0.05, 0.1) is 16.7 Å². The summed E-state index contributed by atoms with van der Waals surface area (Å²) in [5, 5.41) is 2.43. The molecule has 2 heteroatoms. The van der Waals surface area contributed by atoms with Gasteiger partial charge in [0.2, 0.25) is 0 Å². The standard InChI is InChI=1S/C60H42N2/c1-6-20-43(21-7-1)47-34-37-52(45-24-10-3-11-25-45)59(40-47)62-58-33-19-18-32-55(58)56-39-36-50(42-60(56)62)61(48-28-14-5-15-29-48)49-35-38-54(57(41-49)46-26-12-4-13-27-46)53-31-17-16-30-51(53)44-22-8-2-9-23-44/h1-42H. The summed E-state index contributed by atoms with van der Waals surface area (Å²) in [7, 11) is 0. The molecule has 0 aliphatic heterocycles. The zero-order valence-corrected chi connectivity index (χ0v) is 34.1. The maximum Gasteiger partial charge on any atom is 0.0562 e. The first kappa shape index (κ1) is 36.8. The minimum atomic E-state index is 1.07. The Morgan fingerprint density at radius 3 is 1.39 bits per heavy atom. The fourth-order valence-electron chi connectivity index (χ4n) is 9.12. The minimum Gasteiger partial charge on any atom is -0.310 e. The molecule has 0 radical (unpaired) electrons. The van der Waals surface area contributed by atoms with E-state index in [0.717, 1.165) is 28.3 Å². The number of hydrogen-bond donors (Lipinski definition) is 0. The molecule has 0 amide bonds. The van der Waals surface area contributed by atoms with Gasteiger partial charge < -0.3 is 9.47 Å². The van der Waals surface area contributed by atoms with Crippen molar-refractivity contribution in [2.24, 2.45) is 0 Å². The van der Waals surface area contributed by atoms with Crippen LogP contribution in [0.25, 0.3) is 83.1 Å². The third-order valence-electron chi connectivity index (χ3n) is 12.0. The van der Waals surface area contributed by atoms with Crippen LogP contribution >= 0.6 is 0 Å². The highest BCUT2D eigenvalue weighted by Crippen LogP contribution is 2.45. The fraction of sp³-hybridized carbons (Fsp3) is 0. The molecular weight excluding hydrogens is 749 g/mol. The van der Waals surface area contributed by atoms with E-state index in [1.54, 1.807) is 0 Å². The zero-order valence-electron chi connectivity index (χ0n) is 34.1. The normalized spacial score (nSPS) is 11.2. The Hall–Kier alpha value is -8.20. The molecule has 0 N–H and O–H groups in total. The molecule has 0 spiro atoms. The lowest BCUT2D eigenvalue weighted by Gasteiger charge is -2.27. The van der Waals surface area contributed by atoms with E-state index in [0.29, 0.717) is 0 Å². The molecular formula is C60H42N2. The lowest BCUT2D eigenvalue weighted by atomic mass is 9.89. The van der Waals surface area contributed by atoms with E-state index in [2.05, 4.69) is 264 Å².